The van der Waals surface area contributed by atoms with Crippen molar-refractivity contribution in [1.82, 2.24) is 19.2 Å². The van der Waals surface area contributed by atoms with E-state index in [1.807, 2.05) is 36.1 Å². The molecule has 1 saturated heterocycles. The van der Waals surface area contributed by atoms with E-state index < -0.39 is 6.04 Å². The molecule has 3 heterocycles. The van der Waals surface area contributed by atoms with Crippen LogP contribution in [-0.4, -0.2) is 38.2 Å². The highest BCUT2D eigenvalue weighted by Crippen LogP contribution is 2.32. The zero-order valence-corrected chi connectivity index (χ0v) is 15.5. The number of likely N-dealkylation sites (tertiary alicyclic amines) is 1. The third-order valence-electron chi connectivity index (χ3n) is 5.68. The first-order valence-corrected chi connectivity index (χ1v) is 9.58. The molecule has 2 aliphatic heterocycles. The van der Waals surface area contributed by atoms with Gasteiger partial charge in [0.15, 0.2) is 0 Å². The van der Waals surface area contributed by atoms with Gasteiger partial charge in [0.1, 0.15) is 11.9 Å². The van der Waals surface area contributed by atoms with Crippen molar-refractivity contribution in [2.75, 3.05) is 13.1 Å². The standard InChI is InChI=1S/C20H26N4O2/c1-14-5-8-16(9-6-14)13-23-20(26)24-17(10-7-15(2)18(24)21-23)19(25)22-11-3-4-12-22/h5-6,8-9,15,17H,3-4,7,10-13H2,1-2H3/t15-,17-/m1/s1. The Morgan fingerprint density at radius 3 is 2.54 bits per heavy atom. The van der Waals surface area contributed by atoms with Gasteiger partial charge in [0.25, 0.3) is 0 Å². The fourth-order valence-electron chi connectivity index (χ4n) is 4.08. The lowest BCUT2D eigenvalue weighted by Crippen LogP contribution is -2.41. The van der Waals surface area contributed by atoms with E-state index in [-0.39, 0.29) is 17.5 Å². The topological polar surface area (TPSA) is 60.1 Å². The first-order chi connectivity index (χ1) is 12.5. The van der Waals surface area contributed by atoms with Crippen LogP contribution in [0.2, 0.25) is 0 Å². The minimum atomic E-state index is -0.390. The summed E-state index contributed by atoms with van der Waals surface area (Å²) in [6.07, 6.45) is 3.73. The molecule has 0 bridgehead atoms. The molecule has 1 aromatic heterocycles. The lowest BCUT2D eigenvalue weighted by molar-refractivity contribution is -0.134. The van der Waals surface area contributed by atoms with Gasteiger partial charge in [-0.25, -0.2) is 9.48 Å². The average Bonchev–Trinajstić information content (AvgIpc) is 3.27. The van der Waals surface area contributed by atoms with Crippen LogP contribution in [0, 0.1) is 6.92 Å². The van der Waals surface area contributed by atoms with Gasteiger partial charge in [-0.05, 0) is 38.2 Å². The fraction of sp³-hybridized carbons (Fsp3) is 0.550. The third kappa shape index (κ3) is 2.97. The molecule has 0 radical (unpaired) electrons. The van der Waals surface area contributed by atoms with Crippen LogP contribution in [-0.2, 0) is 11.3 Å². The molecule has 0 aliphatic carbocycles. The first kappa shape index (κ1) is 17.1. The van der Waals surface area contributed by atoms with E-state index >= 15 is 0 Å². The van der Waals surface area contributed by atoms with Gasteiger partial charge >= 0.3 is 5.69 Å². The van der Waals surface area contributed by atoms with Crippen LogP contribution >= 0.6 is 0 Å². The van der Waals surface area contributed by atoms with E-state index in [0.717, 1.165) is 50.2 Å². The van der Waals surface area contributed by atoms with E-state index in [1.54, 1.807) is 4.57 Å². The summed E-state index contributed by atoms with van der Waals surface area (Å²) < 4.78 is 3.19. The number of aryl methyl sites for hydroxylation is 1. The molecule has 26 heavy (non-hydrogen) atoms. The predicted octanol–water partition coefficient (Wildman–Crippen LogP) is 2.46. The number of amides is 1. The summed E-state index contributed by atoms with van der Waals surface area (Å²) >= 11 is 0. The third-order valence-corrected chi connectivity index (χ3v) is 5.68. The summed E-state index contributed by atoms with van der Waals surface area (Å²) in [5, 5.41) is 4.60. The molecule has 2 aromatic rings. The molecular weight excluding hydrogens is 328 g/mol. The van der Waals surface area contributed by atoms with Crippen LogP contribution in [0.3, 0.4) is 0 Å². The highest BCUT2D eigenvalue weighted by molar-refractivity contribution is 5.81. The molecule has 0 spiro atoms. The number of hydrogen-bond donors (Lipinski definition) is 0. The van der Waals surface area contributed by atoms with E-state index in [9.17, 15) is 9.59 Å². The lowest BCUT2D eigenvalue weighted by atomic mass is 9.95. The molecule has 138 valence electrons. The van der Waals surface area contributed by atoms with Crippen molar-refractivity contribution in [2.24, 2.45) is 0 Å². The maximum atomic E-state index is 13.1. The number of carbonyl (C=O) groups excluding carboxylic acids is 1. The van der Waals surface area contributed by atoms with Gasteiger partial charge in [0.2, 0.25) is 5.91 Å². The van der Waals surface area contributed by atoms with Crippen LogP contribution in [0.25, 0.3) is 0 Å². The molecule has 1 fully saturated rings. The molecule has 4 rings (SSSR count). The maximum absolute atomic E-state index is 13.1. The van der Waals surface area contributed by atoms with Crippen molar-refractivity contribution in [2.45, 2.75) is 58.0 Å². The highest BCUT2D eigenvalue weighted by atomic mass is 16.2. The van der Waals surface area contributed by atoms with E-state index in [2.05, 4.69) is 12.0 Å². The average molecular weight is 354 g/mol. The Morgan fingerprint density at radius 2 is 1.85 bits per heavy atom. The second kappa shape index (κ2) is 6.74. The number of nitrogens with zero attached hydrogens (tertiary/aromatic N) is 4. The van der Waals surface area contributed by atoms with Gasteiger partial charge in [0.05, 0.1) is 6.54 Å². The number of carbonyl (C=O) groups is 1. The minimum Gasteiger partial charge on any atom is -0.341 e. The van der Waals surface area contributed by atoms with Gasteiger partial charge in [-0.3, -0.25) is 9.36 Å². The Morgan fingerprint density at radius 1 is 1.15 bits per heavy atom. The zero-order chi connectivity index (χ0) is 18.3. The van der Waals surface area contributed by atoms with Crippen LogP contribution < -0.4 is 5.69 Å². The summed E-state index contributed by atoms with van der Waals surface area (Å²) in [4.78, 5) is 27.9. The van der Waals surface area contributed by atoms with Crippen molar-refractivity contribution in [3.63, 3.8) is 0 Å². The lowest BCUT2D eigenvalue weighted by Gasteiger charge is -2.29. The summed E-state index contributed by atoms with van der Waals surface area (Å²) in [5.41, 5.74) is 2.07. The van der Waals surface area contributed by atoms with Crippen LogP contribution in [0.1, 0.15) is 61.5 Å². The molecule has 6 heteroatoms. The summed E-state index contributed by atoms with van der Waals surface area (Å²) in [6.45, 7) is 6.20. The fourth-order valence-corrected chi connectivity index (χ4v) is 4.08. The SMILES string of the molecule is Cc1ccc(Cn2nc3n(c2=O)[C@@H](C(=O)N2CCCC2)CC[C@H]3C)cc1. The quantitative estimate of drug-likeness (QED) is 0.851. The number of rotatable bonds is 3. The Hall–Kier alpha value is -2.37. The monoisotopic (exact) mass is 354 g/mol. The van der Waals surface area contributed by atoms with Crippen molar-refractivity contribution < 1.29 is 4.79 Å². The summed E-state index contributed by atoms with van der Waals surface area (Å²) in [7, 11) is 0. The molecular formula is C20H26N4O2. The molecule has 1 amide bonds. The Labute approximate surface area is 153 Å². The van der Waals surface area contributed by atoms with Gasteiger partial charge in [-0.1, -0.05) is 36.8 Å². The largest absolute Gasteiger partial charge is 0.347 e. The smallest absolute Gasteiger partial charge is 0.341 e. The van der Waals surface area contributed by atoms with Crippen molar-refractivity contribution >= 4 is 5.91 Å². The molecule has 2 aliphatic rings. The number of benzene rings is 1. The molecule has 0 saturated carbocycles. The van der Waals surface area contributed by atoms with Crippen molar-refractivity contribution in [1.29, 1.82) is 0 Å². The maximum Gasteiger partial charge on any atom is 0.347 e. The van der Waals surface area contributed by atoms with Crippen LogP contribution in [0.15, 0.2) is 29.1 Å². The number of aromatic nitrogens is 3. The van der Waals surface area contributed by atoms with Crippen LogP contribution in [0.5, 0.6) is 0 Å². The van der Waals surface area contributed by atoms with E-state index in [0.29, 0.717) is 6.54 Å². The van der Waals surface area contributed by atoms with Gasteiger partial charge < -0.3 is 4.90 Å². The number of fused-ring (bicyclic) bond motifs is 1. The molecule has 0 N–H and O–H groups in total. The molecule has 1 aromatic carbocycles. The predicted molar refractivity (Wildman–Crippen MR) is 99.3 cm³/mol. The molecule has 0 unspecified atom stereocenters. The number of hydrogen-bond acceptors (Lipinski definition) is 3. The van der Waals surface area contributed by atoms with Crippen LogP contribution in [0.4, 0.5) is 0 Å². The van der Waals surface area contributed by atoms with Crippen molar-refractivity contribution in [3.8, 4) is 0 Å². The van der Waals surface area contributed by atoms with E-state index in [1.165, 1.54) is 10.2 Å². The normalized spacial score (nSPS) is 22.5. The van der Waals surface area contributed by atoms with E-state index in [4.69, 9.17) is 0 Å². The Balaban J connectivity index is 1.67. The van der Waals surface area contributed by atoms with Gasteiger partial charge in [0, 0.05) is 19.0 Å². The van der Waals surface area contributed by atoms with Gasteiger partial charge in [-0.15, -0.1) is 0 Å². The summed E-state index contributed by atoms with van der Waals surface area (Å²) in [5.74, 6) is 1.04. The second-order valence-corrected chi connectivity index (χ2v) is 7.68. The second-order valence-electron chi connectivity index (χ2n) is 7.68. The highest BCUT2D eigenvalue weighted by Gasteiger charge is 2.36. The zero-order valence-electron chi connectivity index (χ0n) is 15.5. The minimum absolute atomic E-state index is 0.0904. The molecule has 6 nitrogen and oxygen atoms in total. The van der Waals surface area contributed by atoms with Crippen molar-refractivity contribution in [3.05, 3.63) is 51.7 Å². The Kier molecular flexibility index (Phi) is 4.42. The Bertz CT molecular complexity index is 859. The summed E-state index contributed by atoms with van der Waals surface area (Å²) in [6, 6.07) is 7.74. The first-order valence-electron chi connectivity index (χ1n) is 9.58. The molecule has 2 atom stereocenters. The van der Waals surface area contributed by atoms with Gasteiger partial charge in [-0.2, -0.15) is 5.10 Å².